The smallest absolute Gasteiger partial charge is 0.0277 e. The third-order valence-corrected chi connectivity index (χ3v) is 5.30. The number of piperidine rings is 1. The zero-order valence-corrected chi connectivity index (χ0v) is 13.5. The molecule has 2 heterocycles. The number of nitrogens with one attached hydrogen (secondary N) is 1. The second-order valence-corrected chi connectivity index (χ2v) is 7.47. The van der Waals surface area contributed by atoms with Crippen molar-refractivity contribution in [2.24, 2.45) is 5.41 Å². The van der Waals surface area contributed by atoms with Gasteiger partial charge in [0, 0.05) is 38.3 Å². The first-order valence-corrected chi connectivity index (χ1v) is 8.12. The zero-order valence-electron chi connectivity index (χ0n) is 13.5. The van der Waals surface area contributed by atoms with E-state index in [0.29, 0.717) is 11.0 Å². The molecular formula is C16H33N3. The average Bonchev–Trinajstić information content (AvgIpc) is 2.35. The van der Waals surface area contributed by atoms with E-state index in [4.69, 9.17) is 0 Å². The Labute approximate surface area is 119 Å². The van der Waals surface area contributed by atoms with Crippen molar-refractivity contribution in [2.45, 2.75) is 52.0 Å². The van der Waals surface area contributed by atoms with Crippen molar-refractivity contribution >= 4 is 0 Å². The molecule has 0 aromatic heterocycles. The van der Waals surface area contributed by atoms with Gasteiger partial charge in [0.15, 0.2) is 0 Å². The molecule has 2 fully saturated rings. The molecule has 0 amide bonds. The molecule has 1 unspecified atom stereocenters. The molecule has 1 N–H and O–H groups in total. The summed E-state index contributed by atoms with van der Waals surface area (Å²) in [4.78, 5) is 5.23. The van der Waals surface area contributed by atoms with Gasteiger partial charge in [0.05, 0.1) is 0 Å². The number of rotatable bonds is 4. The highest BCUT2D eigenvalue weighted by molar-refractivity contribution is 4.93. The van der Waals surface area contributed by atoms with Crippen molar-refractivity contribution in [1.82, 2.24) is 15.1 Å². The Balaban J connectivity index is 1.97. The molecule has 2 aliphatic rings. The van der Waals surface area contributed by atoms with Gasteiger partial charge in [-0.05, 0) is 52.1 Å². The van der Waals surface area contributed by atoms with Crippen molar-refractivity contribution in [3.8, 4) is 0 Å². The van der Waals surface area contributed by atoms with E-state index < -0.39 is 0 Å². The normalized spacial score (nSPS) is 33.5. The molecule has 2 rings (SSSR count). The summed E-state index contributed by atoms with van der Waals surface area (Å²) in [6.45, 7) is 14.5. The molecule has 2 saturated heterocycles. The Bertz CT molecular complexity index is 276. The van der Waals surface area contributed by atoms with Crippen LogP contribution in [0.4, 0.5) is 0 Å². The van der Waals surface area contributed by atoms with E-state index in [2.05, 4.69) is 42.9 Å². The van der Waals surface area contributed by atoms with Gasteiger partial charge in [0.1, 0.15) is 0 Å². The van der Waals surface area contributed by atoms with Crippen LogP contribution in [0.1, 0.15) is 46.5 Å². The minimum atomic E-state index is 0.327. The van der Waals surface area contributed by atoms with E-state index in [1.165, 1.54) is 65.0 Å². The van der Waals surface area contributed by atoms with Crippen molar-refractivity contribution in [3.63, 3.8) is 0 Å². The van der Waals surface area contributed by atoms with E-state index in [1.54, 1.807) is 0 Å². The number of hydrogen-bond donors (Lipinski definition) is 1. The molecule has 0 aliphatic carbocycles. The molecule has 0 aromatic carbocycles. The molecule has 0 spiro atoms. The Hall–Kier alpha value is -0.120. The first kappa shape index (κ1) is 15.3. The monoisotopic (exact) mass is 267 g/mol. The summed E-state index contributed by atoms with van der Waals surface area (Å²) in [6, 6.07) is 0. The fourth-order valence-corrected chi connectivity index (χ4v) is 3.94. The lowest BCUT2D eigenvalue weighted by atomic mass is 9.76. The second-order valence-electron chi connectivity index (χ2n) is 7.47. The maximum atomic E-state index is 3.64. The lowest BCUT2D eigenvalue weighted by Crippen LogP contribution is -2.60. The van der Waals surface area contributed by atoms with E-state index in [-0.39, 0.29) is 0 Å². The Morgan fingerprint density at radius 2 is 2.00 bits per heavy atom. The summed E-state index contributed by atoms with van der Waals surface area (Å²) in [7, 11) is 2.27. The van der Waals surface area contributed by atoms with Crippen LogP contribution in [0.5, 0.6) is 0 Å². The number of nitrogens with zero attached hydrogens (tertiary/aromatic N) is 2. The van der Waals surface area contributed by atoms with Gasteiger partial charge in [-0.15, -0.1) is 0 Å². The molecule has 19 heavy (non-hydrogen) atoms. The molecule has 0 aromatic rings. The molecule has 0 saturated carbocycles. The largest absolute Gasteiger partial charge is 0.316 e. The molecular weight excluding hydrogens is 234 g/mol. The quantitative estimate of drug-likeness (QED) is 0.842. The van der Waals surface area contributed by atoms with Gasteiger partial charge in [-0.25, -0.2) is 0 Å². The molecule has 1 atom stereocenters. The maximum absolute atomic E-state index is 3.64. The van der Waals surface area contributed by atoms with Crippen LogP contribution in [0.15, 0.2) is 0 Å². The Morgan fingerprint density at radius 3 is 2.58 bits per heavy atom. The zero-order chi connectivity index (χ0) is 13.9. The third-order valence-electron chi connectivity index (χ3n) is 5.30. The van der Waals surface area contributed by atoms with Gasteiger partial charge >= 0.3 is 0 Å². The van der Waals surface area contributed by atoms with E-state index >= 15 is 0 Å². The Morgan fingerprint density at radius 1 is 1.21 bits per heavy atom. The summed E-state index contributed by atoms with van der Waals surface area (Å²) in [5.74, 6) is 0. The average molecular weight is 267 g/mol. The fraction of sp³-hybridized carbons (Fsp3) is 1.00. The summed E-state index contributed by atoms with van der Waals surface area (Å²) in [5, 5.41) is 3.64. The predicted molar refractivity (Wildman–Crippen MR) is 82.6 cm³/mol. The summed E-state index contributed by atoms with van der Waals surface area (Å²) in [6.07, 6.45) is 5.48. The molecule has 2 aliphatic heterocycles. The second kappa shape index (κ2) is 6.11. The van der Waals surface area contributed by atoms with E-state index in [0.717, 1.165) is 0 Å². The highest BCUT2D eigenvalue weighted by Crippen LogP contribution is 2.34. The minimum Gasteiger partial charge on any atom is -0.316 e. The van der Waals surface area contributed by atoms with Crippen LogP contribution in [0, 0.1) is 5.41 Å². The predicted octanol–water partition coefficient (Wildman–Crippen LogP) is 2.18. The van der Waals surface area contributed by atoms with Gasteiger partial charge in [-0.2, -0.15) is 0 Å². The molecule has 3 heteroatoms. The third kappa shape index (κ3) is 3.71. The van der Waals surface area contributed by atoms with Gasteiger partial charge in [0.2, 0.25) is 0 Å². The lowest BCUT2D eigenvalue weighted by Gasteiger charge is -2.49. The number of likely N-dealkylation sites (N-methyl/N-ethyl adjacent to an activating group) is 1. The summed E-state index contributed by atoms with van der Waals surface area (Å²) < 4.78 is 0. The van der Waals surface area contributed by atoms with Crippen LogP contribution < -0.4 is 5.32 Å². The van der Waals surface area contributed by atoms with Gasteiger partial charge < -0.3 is 5.32 Å². The molecule has 112 valence electrons. The van der Waals surface area contributed by atoms with Crippen LogP contribution in [0.25, 0.3) is 0 Å². The van der Waals surface area contributed by atoms with Crippen molar-refractivity contribution in [2.75, 3.05) is 46.3 Å². The summed E-state index contributed by atoms with van der Waals surface area (Å²) >= 11 is 0. The van der Waals surface area contributed by atoms with Crippen LogP contribution in [0.2, 0.25) is 0 Å². The lowest BCUT2D eigenvalue weighted by molar-refractivity contribution is 0.00745. The fourth-order valence-electron chi connectivity index (χ4n) is 3.94. The van der Waals surface area contributed by atoms with Crippen LogP contribution in [-0.2, 0) is 0 Å². The maximum Gasteiger partial charge on any atom is 0.0277 e. The minimum absolute atomic E-state index is 0.327. The van der Waals surface area contributed by atoms with Gasteiger partial charge in [-0.1, -0.05) is 13.3 Å². The number of hydrogen-bond acceptors (Lipinski definition) is 3. The summed E-state index contributed by atoms with van der Waals surface area (Å²) in [5.41, 5.74) is 0.868. The topological polar surface area (TPSA) is 18.5 Å². The molecule has 3 nitrogen and oxygen atoms in total. The first-order valence-electron chi connectivity index (χ1n) is 8.12. The first-order chi connectivity index (χ1) is 8.97. The van der Waals surface area contributed by atoms with Crippen molar-refractivity contribution in [3.05, 3.63) is 0 Å². The van der Waals surface area contributed by atoms with Crippen LogP contribution in [-0.4, -0.2) is 61.7 Å². The van der Waals surface area contributed by atoms with Gasteiger partial charge in [-0.3, -0.25) is 9.80 Å². The van der Waals surface area contributed by atoms with Crippen LogP contribution in [0.3, 0.4) is 0 Å². The van der Waals surface area contributed by atoms with Crippen LogP contribution >= 0.6 is 0 Å². The molecule has 0 bridgehead atoms. The highest BCUT2D eigenvalue weighted by atomic mass is 15.3. The van der Waals surface area contributed by atoms with E-state index in [9.17, 15) is 0 Å². The molecule has 0 radical (unpaired) electrons. The Kier molecular flexibility index (Phi) is 4.91. The SMILES string of the molecule is CCCC1(CN2CCN(C)C(C)(C)C2)CCCNC1. The highest BCUT2D eigenvalue weighted by Gasteiger charge is 2.37. The van der Waals surface area contributed by atoms with Gasteiger partial charge in [0.25, 0.3) is 0 Å². The van der Waals surface area contributed by atoms with Crippen molar-refractivity contribution < 1.29 is 0 Å². The standard InChI is InChI=1S/C16H33N3/c1-5-7-16(8-6-9-17-12-16)14-19-11-10-18(4)15(2,3)13-19/h17H,5-14H2,1-4H3. The van der Waals surface area contributed by atoms with E-state index in [1.807, 2.05) is 0 Å². The van der Waals surface area contributed by atoms with Crippen molar-refractivity contribution in [1.29, 1.82) is 0 Å². The number of piperazine rings is 1.